The van der Waals surface area contributed by atoms with Gasteiger partial charge in [0.05, 0.1) is 7.11 Å². The van der Waals surface area contributed by atoms with E-state index in [1.54, 1.807) is 21.3 Å². The highest BCUT2D eigenvalue weighted by Gasteiger charge is 2.59. The first kappa shape index (κ1) is 15.0. The van der Waals surface area contributed by atoms with Gasteiger partial charge in [-0.1, -0.05) is 0 Å². The minimum absolute atomic E-state index is 0.0946. The van der Waals surface area contributed by atoms with Crippen LogP contribution < -0.4 is 0 Å². The third-order valence-electron chi connectivity index (χ3n) is 4.97. The molecule has 0 aromatic carbocycles. The standard InChI is InChI=1S/C13H24O5Si/c1-15-13(14)8-10-6-11-5-9(10)7-12(11)19(16-2,17-3)18-4/h9-12H,5-8H2,1-4H3. The average Bonchev–Trinajstić information content (AvgIpc) is 3.01. The molecule has 0 aliphatic heterocycles. The molecule has 0 heterocycles. The Kier molecular flexibility index (Phi) is 4.65. The van der Waals surface area contributed by atoms with E-state index in [9.17, 15) is 4.79 Å². The number of methoxy groups -OCH3 is 1. The first-order valence-corrected chi connectivity index (χ1v) is 8.62. The van der Waals surface area contributed by atoms with Crippen molar-refractivity contribution in [2.45, 2.75) is 31.2 Å². The Morgan fingerprint density at radius 3 is 2.05 bits per heavy atom. The molecule has 2 aliphatic rings. The van der Waals surface area contributed by atoms with Crippen LogP contribution in [0, 0.1) is 17.8 Å². The minimum atomic E-state index is -2.53. The van der Waals surface area contributed by atoms with Crippen LogP contribution in [-0.4, -0.2) is 43.2 Å². The first-order chi connectivity index (χ1) is 9.10. The van der Waals surface area contributed by atoms with Crippen molar-refractivity contribution in [1.29, 1.82) is 0 Å². The van der Waals surface area contributed by atoms with Crippen molar-refractivity contribution in [3.8, 4) is 0 Å². The molecule has 19 heavy (non-hydrogen) atoms. The molecule has 4 atom stereocenters. The number of carbonyl (C=O) groups excluding carboxylic acids is 1. The first-order valence-electron chi connectivity index (χ1n) is 6.82. The molecular formula is C13H24O5Si. The Balaban J connectivity index is 2.00. The Labute approximate surface area is 115 Å². The lowest BCUT2D eigenvalue weighted by Crippen LogP contribution is -2.49. The summed E-state index contributed by atoms with van der Waals surface area (Å²) in [4.78, 5) is 11.4. The fourth-order valence-electron chi connectivity index (χ4n) is 4.08. The fraction of sp³-hybridized carbons (Fsp3) is 0.923. The summed E-state index contributed by atoms with van der Waals surface area (Å²) in [7, 11) is 3.96. The predicted octanol–water partition coefficient (Wildman–Crippen LogP) is 1.84. The van der Waals surface area contributed by atoms with E-state index in [0.717, 1.165) is 19.3 Å². The van der Waals surface area contributed by atoms with Crippen LogP contribution in [0.3, 0.4) is 0 Å². The van der Waals surface area contributed by atoms with Gasteiger partial charge in [-0.15, -0.1) is 0 Å². The van der Waals surface area contributed by atoms with E-state index in [-0.39, 0.29) is 5.97 Å². The number of ether oxygens (including phenoxy) is 1. The van der Waals surface area contributed by atoms with E-state index in [1.165, 1.54) is 7.11 Å². The molecule has 6 heteroatoms. The van der Waals surface area contributed by atoms with E-state index in [2.05, 4.69) is 0 Å². The molecule has 0 spiro atoms. The zero-order chi connectivity index (χ0) is 14.0. The second-order valence-corrected chi connectivity index (χ2v) is 8.76. The number of fused-ring (bicyclic) bond motifs is 2. The predicted molar refractivity (Wildman–Crippen MR) is 71.5 cm³/mol. The number of carbonyl (C=O) groups is 1. The van der Waals surface area contributed by atoms with Gasteiger partial charge < -0.3 is 18.0 Å². The molecule has 5 nitrogen and oxygen atoms in total. The van der Waals surface area contributed by atoms with Gasteiger partial charge in [-0.2, -0.15) is 0 Å². The van der Waals surface area contributed by atoms with Crippen LogP contribution in [-0.2, 0) is 22.8 Å². The van der Waals surface area contributed by atoms with Crippen molar-refractivity contribution >= 4 is 14.8 Å². The molecule has 2 bridgehead atoms. The highest BCUT2D eigenvalue weighted by Crippen LogP contribution is 2.58. The molecule has 2 fully saturated rings. The van der Waals surface area contributed by atoms with E-state index in [4.69, 9.17) is 18.0 Å². The molecule has 2 saturated carbocycles. The summed E-state index contributed by atoms with van der Waals surface area (Å²) in [5, 5.41) is 0. The molecule has 2 rings (SSSR count). The minimum Gasteiger partial charge on any atom is -0.469 e. The number of rotatable bonds is 6. The van der Waals surface area contributed by atoms with Gasteiger partial charge in [0.2, 0.25) is 0 Å². The summed E-state index contributed by atoms with van der Waals surface area (Å²) in [6.07, 6.45) is 3.83. The number of hydrogen-bond donors (Lipinski definition) is 0. The maximum atomic E-state index is 11.4. The maximum Gasteiger partial charge on any atom is 0.503 e. The number of esters is 1. The SMILES string of the molecule is COC(=O)CC1CC2CC1CC2[Si](OC)(OC)OC. The van der Waals surface area contributed by atoms with Gasteiger partial charge >= 0.3 is 14.8 Å². The van der Waals surface area contributed by atoms with Crippen LogP contribution in [0.15, 0.2) is 0 Å². The van der Waals surface area contributed by atoms with E-state index in [0.29, 0.717) is 29.7 Å². The van der Waals surface area contributed by atoms with Crippen molar-refractivity contribution < 1.29 is 22.8 Å². The van der Waals surface area contributed by atoms with Crippen molar-refractivity contribution in [2.24, 2.45) is 17.8 Å². The zero-order valence-corrected chi connectivity index (χ0v) is 13.2. The maximum absolute atomic E-state index is 11.4. The topological polar surface area (TPSA) is 54.0 Å². The monoisotopic (exact) mass is 288 g/mol. The fourth-order valence-corrected chi connectivity index (χ4v) is 6.93. The Hall–Kier alpha value is -0.433. The van der Waals surface area contributed by atoms with Gasteiger partial charge in [-0.05, 0) is 37.0 Å². The summed E-state index contributed by atoms with van der Waals surface area (Å²) in [6, 6.07) is 0. The van der Waals surface area contributed by atoms with E-state index < -0.39 is 8.80 Å². The molecule has 0 saturated heterocycles. The van der Waals surface area contributed by atoms with Gasteiger partial charge in [0.15, 0.2) is 0 Å². The third kappa shape index (κ3) is 2.59. The van der Waals surface area contributed by atoms with Crippen LogP contribution in [0.4, 0.5) is 0 Å². The van der Waals surface area contributed by atoms with E-state index in [1.807, 2.05) is 0 Å². The molecule has 0 aromatic rings. The van der Waals surface area contributed by atoms with Gasteiger partial charge in [0.1, 0.15) is 0 Å². The van der Waals surface area contributed by atoms with Gasteiger partial charge in [0.25, 0.3) is 0 Å². The Morgan fingerprint density at radius 1 is 1.00 bits per heavy atom. The molecule has 4 unspecified atom stereocenters. The summed E-state index contributed by atoms with van der Waals surface area (Å²) in [5.74, 6) is 1.52. The van der Waals surface area contributed by atoms with Crippen LogP contribution in [0.2, 0.25) is 5.54 Å². The lowest BCUT2D eigenvalue weighted by molar-refractivity contribution is -0.142. The molecule has 0 radical (unpaired) electrons. The normalized spacial score (nSPS) is 33.7. The summed E-state index contributed by atoms with van der Waals surface area (Å²) >= 11 is 0. The Bertz CT molecular complexity index is 323. The van der Waals surface area contributed by atoms with Crippen molar-refractivity contribution in [1.82, 2.24) is 0 Å². The summed E-state index contributed by atoms with van der Waals surface area (Å²) < 4.78 is 21.6. The average molecular weight is 288 g/mol. The largest absolute Gasteiger partial charge is 0.503 e. The highest BCUT2D eigenvalue weighted by molar-refractivity contribution is 6.62. The smallest absolute Gasteiger partial charge is 0.469 e. The van der Waals surface area contributed by atoms with Gasteiger partial charge in [-0.3, -0.25) is 4.79 Å². The number of hydrogen-bond acceptors (Lipinski definition) is 5. The van der Waals surface area contributed by atoms with Gasteiger partial charge in [0, 0.05) is 33.3 Å². The Morgan fingerprint density at radius 2 is 1.63 bits per heavy atom. The molecule has 2 aliphatic carbocycles. The van der Waals surface area contributed by atoms with Crippen LogP contribution in [0.5, 0.6) is 0 Å². The molecule has 110 valence electrons. The second-order valence-electron chi connectivity index (χ2n) is 5.59. The quantitative estimate of drug-likeness (QED) is 0.551. The van der Waals surface area contributed by atoms with Crippen molar-refractivity contribution in [3.63, 3.8) is 0 Å². The van der Waals surface area contributed by atoms with Gasteiger partial charge in [-0.25, -0.2) is 0 Å². The lowest BCUT2D eigenvalue weighted by Gasteiger charge is -2.36. The van der Waals surface area contributed by atoms with Crippen LogP contribution >= 0.6 is 0 Å². The molecule has 0 N–H and O–H groups in total. The third-order valence-corrected chi connectivity index (χ3v) is 8.29. The summed E-state index contributed by atoms with van der Waals surface area (Å²) in [6.45, 7) is 0. The van der Waals surface area contributed by atoms with E-state index >= 15 is 0 Å². The highest BCUT2D eigenvalue weighted by atomic mass is 28.4. The molecule has 0 aromatic heterocycles. The van der Waals surface area contributed by atoms with Crippen molar-refractivity contribution in [3.05, 3.63) is 0 Å². The molecular weight excluding hydrogens is 264 g/mol. The lowest BCUT2D eigenvalue weighted by atomic mass is 9.86. The van der Waals surface area contributed by atoms with Crippen LogP contribution in [0.1, 0.15) is 25.7 Å². The summed E-state index contributed by atoms with van der Waals surface area (Å²) in [5.41, 5.74) is 0.381. The zero-order valence-electron chi connectivity index (χ0n) is 12.2. The molecule has 0 amide bonds. The second kappa shape index (κ2) is 5.91. The van der Waals surface area contributed by atoms with Crippen LogP contribution in [0.25, 0.3) is 0 Å². The van der Waals surface area contributed by atoms with Crippen molar-refractivity contribution in [2.75, 3.05) is 28.4 Å².